The first-order chi connectivity index (χ1) is 9.93. The second kappa shape index (κ2) is 6.45. The van der Waals surface area contributed by atoms with Gasteiger partial charge in [0.1, 0.15) is 0 Å². The molecule has 2 fully saturated rings. The summed E-state index contributed by atoms with van der Waals surface area (Å²) in [4.78, 5) is 37.2. The van der Waals surface area contributed by atoms with Gasteiger partial charge in [0.15, 0.2) is 0 Å². The van der Waals surface area contributed by atoms with Gasteiger partial charge in [0.25, 0.3) is 0 Å². The Morgan fingerprint density at radius 1 is 1.10 bits per heavy atom. The van der Waals surface area contributed by atoms with E-state index in [1.165, 1.54) is 0 Å². The maximum absolute atomic E-state index is 12.6. The largest absolute Gasteiger partial charge is 0.481 e. The molecule has 0 aromatic heterocycles. The topological polar surface area (TPSA) is 86.7 Å². The van der Waals surface area contributed by atoms with E-state index in [-0.39, 0.29) is 23.7 Å². The lowest BCUT2D eigenvalue weighted by Crippen LogP contribution is -2.45. The summed E-state index contributed by atoms with van der Waals surface area (Å²) in [6.45, 7) is 3.10. The number of likely N-dealkylation sites (tertiary alicyclic amines) is 1. The first-order valence-corrected chi connectivity index (χ1v) is 7.67. The quantitative estimate of drug-likeness (QED) is 0.803. The highest BCUT2D eigenvalue weighted by Crippen LogP contribution is 2.38. The molecule has 0 radical (unpaired) electrons. The Labute approximate surface area is 124 Å². The van der Waals surface area contributed by atoms with Crippen LogP contribution in [-0.4, -0.2) is 47.9 Å². The van der Waals surface area contributed by atoms with Crippen LogP contribution < -0.4 is 5.32 Å². The lowest BCUT2D eigenvalue weighted by molar-refractivity contribution is -0.149. The van der Waals surface area contributed by atoms with Gasteiger partial charge in [-0.3, -0.25) is 14.4 Å². The van der Waals surface area contributed by atoms with Gasteiger partial charge >= 0.3 is 5.97 Å². The Morgan fingerprint density at radius 3 is 2.19 bits per heavy atom. The number of carboxylic acids is 1. The molecule has 2 rings (SSSR count). The fourth-order valence-corrected chi connectivity index (χ4v) is 3.64. The van der Waals surface area contributed by atoms with Gasteiger partial charge < -0.3 is 15.3 Å². The number of nitrogens with zero attached hydrogens (tertiary/aromatic N) is 1. The average Bonchev–Trinajstić information content (AvgIpc) is 2.88. The van der Waals surface area contributed by atoms with E-state index in [0.29, 0.717) is 38.8 Å². The summed E-state index contributed by atoms with van der Waals surface area (Å²) in [6.07, 6.45) is 2.56. The molecule has 0 aromatic carbocycles. The number of hydrogen-bond acceptors (Lipinski definition) is 3. The van der Waals surface area contributed by atoms with E-state index >= 15 is 0 Å². The highest BCUT2D eigenvalue weighted by atomic mass is 16.4. The van der Waals surface area contributed by atoms with Crippen LogP contribution in [0.5, 0.6) is 0 Å². The number of aliphatic carboxylic acids is 1. The summed E-state index contributed by atoms with van der Waals surface area (Å²) in [5.41, 5.74) is 0. The molecule has 0 spiro atoms. The SMILES string of the molecule is CNC(=O)C1CCN(C(=O)[C@H]2CC(C)C[C@H]2C(=O)O)CC1. The molecule has 1 aliphatic heterocycles. The van der Waals surface area contributed by atoms with Crippen molar-refractivity contribution in [1.29, 1.82) is 0 Å². The predicted octanol–water partition coefficient (Wildman–Crippen LogP) is 0.718. The normalized spacial score (nSPS) is 30.2. The van der Waals surface area contributed by atoms with Crippen molar-refractivity contribution in [3.8, 4) is 0 Å². The summed E-state index contributed by atoms with van der Waals surface area (Å²) in [5, 5.41) is 11.9. The van der Waals surface area contributed by atoms with Crippen molar-refractivity contribution < 1.29 is 19.5 Å². The first-order valence-electron chi connectivity index (χ1n) is 7.67. The van der Waals surface area contributed by atoms with Crippen molar-refractivity contribution in [3.63, 3.8) is 0 Å². The van der Waals surface area contributed by atoms with Crippen LogP contribution in [0.15, 0.2) is 0 Å². The maximum Gasteiger partial charge on any atom is 0.307 e. The Kier molecular flexibility index (Phi) is 4.85. The molecule has 3 atom stereocenters. The minimum absolute atomic E-state index is 0.0278. The molecule has 0 bridgehead atoms. The van der Waals surface area contributed by atoms with E-state index in [9.17, 15) is 19.5 Å². The highest BCUT2D eigenvalue weighted by molar-refractivity contribution is 5.86. The van der Waals surface area contributed by atoms with Crippen LogP contribution in [0, 0.1) is 23.7 Å². The second-order valence-electron chi connectivity index (χ2n) is 6.34. The van der Waals surface area contributed by atoms with Crippen molar-refractivity contribution >= 4 is 17.8 Å². The summed E-state index contributed by atoms with van der Waals surface area (Å²) in [7, 11) is 1.62. The van der Waals surface area contributed by atoms with Gasteiger partial charge in [0.2, 0.25) is 11.8 Å². The molecule has 6 heteroatoms. The minimum Gasteiger partial charge on any atom is -0.481 e. The van der Waals surface area contributed by atoms with Crippen LogP contribution in [0.3, 0.4) is 0 Å². The molecule has 2 aliphatic rings. The number of piperidine rings is 1. The molecule has 1 unspecified atom stereocenters. The van der Waals surface area contributed by atoms with Gasteiger partial charge in [-0.1, -0.05) is 6.92 Å². The van der Waals surface area contributed by atoms with Gasteiger partial charge in [0, 0.05) is 26.1 Å². The third-order valence-electron chi connectivity index (χ3n) is 4.86. The van der Waals surface area contributed by atoms with E-state index in [1.807, 2.05) is 6.92 Å². The van der Waals surface area contributed by atoms with Crippen LogP contribution in [0.1, 0.15) is 32.6 Å². The molecular weight excluding hydrogens is 272 g/mol. The summed E-state index contributed by atoms with van der Waals surface area (Å²) >= 11 is 0. The summed E-state index contributed by atoms with van der Waals surface area (Å²) in [6, 6.07) is 0. The zero-order valence-corrected chi connectivity index (χ0v) is 12.7. The van der Waals surface area contributed by atoms with Gasteiger partial charge in [-0.25, -0.2) is 0 Å². The van der Waals surface area contributed by atoms with Gasteiger partial charge in [-0.05, 0) is 31.6 Å². The molecule has 1 saturated carbocycles. The molecule has 118 valence electrons. The van der Waals surface area contributed by atoms with Gasteiger partial charge in [-0.2, -0.15) is 0 Å². The summed E-state index contributed by atoms with van der Waals surface area (Å²) in [5.74, 6) is -1.57. The standard InChI is InChI=1S/C15H24N2O4/c1-9-7-11(12(8-9)15(20)21)14(19)17-5-3-10(4-6-17)13(18)16-2/h9-12H,3-8H2,1-2H3,(H,16,18)(H,20,21)/t9?,11-,12+/m0/s1. The minimum atomic E-state index is -0.863. The highest BCUT2D eigenvalue weighted by Gasteiger charge is 2.43. The Hall–Kier alpha value is -1.59. The lowest BCUT2D eigenvalue weighted by Gasteiger charge is -2.33. The fourth-order valence-electron chi connectivity index (χ4n) is 3.64. The van der Waals surface area contributed by atoms with E-state index in [2.05, 4.69) is 5.32 Å². The smallest absolute Gasteiger partial charge is 0.307 e. The summed E-state index contributed by atoms with van der Waals surface area (Å²) < 4.78 is 0. The number of amides is 2. The molecule has 6 nitrogen and oxygen atoms in total. The number of carbonyl (C=O) groups is 3. The second-order valence-corrected chi connectivity index (χ2v) is 6.34. The molecule has 0 aromatic rings. The van der Waals surface area contributed by atoms with E-state index in [4.69, 9.17) is 0 Å². The fraction of sp³-hybridized carbons (Fsp3) is 0.800. The molecule has 2 N–H and O–H groups in total. The van der Waals surface area contributed by atoms with E-state index in [0.717, 1.165) is 0 Å². The lowest BCUT2D eigenvalue weighted by atomic mass is 9.91. The molecule has 1 heterocycles. The zero-order valence-electron chi connectivity index (χ0n) is 12.7. The van der Waals surface area contributed by atoms with Crippen LogP contribution >= 0.6 is 0 Å². The number of carboxylic acid groups (broad SMARTS) is 1. The third-order valence-corrected chi connectivity index (χ3v) is 4.86. The van der Waals surface area contributed by atoms with Crippen molar-refractivity contribution in [2.75, 3.05) is 20.1 Å². The maximum atomic E-state index is 12.6. The zero-order chi connectivity index (χ0) is 15.6. The van der Waals surface area contributed by atoms with E-state index in [1.54, 1.807) is 11.9 Å². The van der Waals surface area contributed by atoms with Crippen LogP contribution in [0.25, 0.3) is 0 Å². The van der Waals surface area contributed by atoms with Gasteiger partial charge in [0.05, 0.1) is 11.8 Å². The Balaban J connectivity index is 1.95. The van der Waals surface area contributed by atoms with Crippen molar-refractivity contribution in [2.45, 2.75) is 32.6 Å². The third kappa shape index (κ3) is 3.36. The van der Waals surface area contributed by atoms with Crippen molar-refractivity contribution in [1.82, 2.24) is 10.2 Å². The van der Waals surface area contributed by atoms with E-state index < -0.39 is 17.8 Å². The molecule has 2 amide bonds. The Morgan fingerprint density at radius 2 is 1.67 bits per heavy atom. The first kappa shape index (κ1) is 15.8. The molecule has 21 heavy (non-hydrogen) atoms. The Bertz CT molecular complexity index is 429. The number of hydrogen-bond donors (Lipinski definition) is 2. The monoisotopic (exact) mass is 296 g/mol. The van der Waals surface area contributed by atoms with Crippen LogP contribution in [0.2, 0.25) is 0 Å². The molecule has 1 aliphatic carbocycles. The predicted molar refractivity (Wildman–Crippen MR) is 76.4 cm³/mol. The van der Waals surface area contributed by atoms with Crippen LogP contribution in [0.4, 0.5) is 0 Å². The van der Waals surface area contributed by atoms with Crippen molar-refractivity contribution in [2.24, 2.45) is 23.7 Å². The van der Waals surface area contributed by atoms with Gasteiger partial charge in [-0.15, -0.1) is 0 Å². The molecule has 1 saturated heterocycles. The number of rotatable bonds is 3. The average molecular weight is 296 g/mol. The number of carbonyl (C=O) groups excluding carboxylic acids is 2. The number of nitrogens with one attached hydrogen (secondary N) is 1. The van der Waals surface area contributed by atoms with Crippen molar-refractivity contribution in [3.05, 3.63) is 0 Å². The van der Waals surface area contributed by atoms with Crippen LogP contribution in [-0.2, 0) is 14.4 Å². The molecular formula is C15H24N2O4.